The van der Waals surface area contributed by atoms with E-state index in [1.165, 1.54) is 7.11 Å². The summed E-state index contributed by atoms with van der Waals surface area (Å²) in [5.41, 5.74) is 0.805. The van der Waals surface area contributed by atoms with E-state index in [-0.39, 0.29) is 17.9 Å². The average molecular weight is 383 g/mol. The molecule has 1 aliphatic heterocycles. The molecule has 0 spiro atoms. The number of carbonyl (C=O) groups excluding carboxylic acids is 3. The Morgan fingerprint density at radius 1 is 1.39 bits per heavy atom. The Balaban J connectivity index is 2.00. The van der Waals surface area contributed by atoms with Gasteiger partial charge in [-0.2, -0.15) is 0 Å². The first kappa shape index (κ1) is 17.5. The molecule has 1 saturated heterocycles. The summed E-state index contributed by atoms with van der Waals surface area (Å²) in [6.45, 7) is 2.72. The summed E-state index contributed by atoms with van der Waals surface area (Å²) >= 11 is 3.27. The normalized spacial score (nSPS) is 17.0. The fourth-order valence-corrected chi connectivity index (χ4v) is 3.25. The molecule has 0 saturated carbocycles. The molecule has 1 N–H and O–H groups in total. The quantitative estimate of drug-likeness (QED) is 0.807. The van der Waals surface area contributed by atoms with Crippen molar-refractivity contribution in [2.75, 3.05) is 20.2 Å². The molecule has 1 atom stereocenters. The van der Waals surface area contributed by atoms with Crippen molar-refractivity contribution in [1.82, 2.24) is 10.2 Å². The van der Waals surface area contributed by atoms with Crippen LogP contribution in [0.2, 0.25) is 0 Å². The summed E-state index contributed by atoms with van der Waals surface area (Å²) < 4.78 is 5.16. The lowest BCUT2D eigenvalue weighted by Gasteiger charge is -2.23. The number of benzene rings is 1. The maximum absolute atomic E-state index is 12.2. The number of nitrogens with zero attached hydrogens (tertiary/aromatic N) is 1. The fraction of sp³-hybridized carbons (Fsp3) is 0.438. The molecule has 1 aromatic rings. The molecule has 2 rings (SSSR count). The van der Waals surface area contributed by atoms with Gasteiger partial charge in [0, 0.05) is 36.1 Å². The van der Waals surface area contributed by atoms with Crippen molar-refractivity contribution in [3.05, 3.63) is 33.8 Å². The van der Waals surface area contributed by atoms with Crippen molar-refractivity contribution in [1.29, 1.82) is 0 Å². The van der Waals surface area contributed by atoms with E-state index in [0.717, 1.165) is 19.4 Å². The number of hydrogen-bond acceptors (Lipinski definition) is 4. The Morgan fingerprint density at radius 2 is 2.13 bits per heavy atom. The summed E-state index contributed by atoms with van der Waals surface area (Å²) in [6, 6.07) is 4.75. The van der Waals surface area contributed by atoms with E-state index in [0.29, 0.717) is 22.1 Å². The lowest BCUT2D eigenvalue weighted by atomic mass is 10.1. The topological polar surface area (TPSA) is 75.7 Å². The van der Waals surface area contributed by atoms with Gasteiger partial charge in [0.2, 0.25) is 5.91 Å². The minimum absolute atomic E-state index is 0.0342. The van der Waals surface area contributed by atoms with Crippen LogP contribution in [0, 0.1) is 0 Å². The van der Waals surface area contributed by atoms with Gasteiger partial charge in [0.25, 0.3) is 5.91 Å². The molecule has 124 valence electrons. The first-order valence-corrected chi connectivity index (χ1v) is 8.16. The number of nitrogens with one attached hydrogen (secondary N) is 1. The number of likely N-dealkylation sites (tertiary alicyclic amines) is 1. The van der Waals surface area contributed by atoms with E-state index in [4.69, 9.17) is 0 Å². The molecule has 0 aliphatic carbocycles. The Labute approximate surface area is 143 Å². The minimum atomic E-state index is -0.466. The fourth-order valence-electron chi connectivity index (χ4n) is 2.71. The Morgan fingerprint density at radius 3 is 2.74 bits per heavy atom. The van der Waals surface area contributed by atoms with Gasteiger partial charge >= 0.3 is 5.97 Å². The van der Waals surface area contributed by atoms with Crippen molar-refractivity contribution in [3.63, 3.8) is 0 Å². The number of amides is 2. The second-order valence-electron chi connectivity index (χ2n) is 5.40. The van der Waals surface area contributed by atoms with E-state index in [2.05, 4.69) is 26.0 Å². The zero-order valence-electron chi connectivity index (χ0n) is 13.1. The van der Waals surface area contributed by atoms with Gasteiger partial charge in [0.1, 0.15) is 0 Å². The third-order valence-electron chi connectivity index (χ3n) is 3.92. The Kier molecular flexibility index (Phi) is 5.76. The molecule has 0 bridgehead atoms. The van der Waals surface area contributed by atoms with Gasteiger partial charge in [-0.25, -0.2) is 4.79 Å². The first-order chi connectivity index (χ1) is 10.9. The second kappa shape index (κ2) is 7.59. The second-order valence-corrected chi connectivity index (χ2v) is 6.26. The minimum Gasteiger partial charge on any atom is -0.465 e. The predicted molar refractivity (Wildman–Crippen MR) is 88.2 cm³/mol. The highest BCUT2D eigenvalue weighted by atomic mass is 79.9. The molecule has 1 heterocycles. The predicted octanol–water partition coefficient (Wildman–Crippen LogP) is 1.98. The van der Waals surface area contributed by atoms with Crippen molar-refractivity contribution < 1.29 is 19.1 Å². The molecule has 0 aromatic heterocycles. The maximum atomic E-state index is 12.2. The van der Waals surface area contributed by atoms with Gasteiger partial charge in [-0.05, 0) is 47.0 Å². The van der Waals surface area contributed by atoms with E-state index in [9.17, 15) is 14.4 Å². The van der Waals surface area contributed by atoms with E-state index in [1.54, 1.807) is 30.0 Å². The zero-order valence-corrected chi connectivity index (χ0v) is 14.7. The van der Waals surface area contributed by atoms with E-state index >= 15 is 0 Å². The number of halogens is 1. The summed E-state index contributed by atoms with van der Waals surface area (Å²) in [5.74, 6) is -0.670. The third-order valence-corrected chi connectivity index (χ3v) is 4.57. The van der Waals surface area contributed by atoms with Crippen molar-refractivity contribution in [2.45, 2.75) is 25.8 Å². The van der Waals surface area contributed by atoms with Crippen LogP contribution in [-0.2, 0) is 9.53 Å². The highest BCUT2D eigenvalue weighted by Gasteiger charge is 2.26. The van der Waals surface area contributed by atoms with Gasteiger partial charge in [-0.3, -0.25) is 9.59 Å². The SMILES string of the molecule is COC(=O)c1ccc(C(=O)NC[C@H]2CCCN2C(C)=O)cc1Br. The first-order valence-electron chi connectivity index (χ1n) is 7.37. The van der Waals surface area contributed by atoms with Crippen LogP contribution in [0.1, 0.15) is 40.5 Å². The van der Waals surface area contributed by atoms with Gasteiger partial charge in [0.15, 0.2) is 0 Å². The molecule has 0 radical (unpaired) electrons. The highest BCUT2D eigenvalue weighted by Crippen LogP contribution is 2.20. The third kappa shape index (κ3) is 4.10. The van der Waals surface area contributed by atoms with E-state index in [1.807, 2.05) is 0 Å². The molecule has 1 fully saturated rings. The van der Waals surface area contributed by atoms with Crippen LogP contribution in [-0.4, -0.2) is 48.9 Å². The molecule has 23 heavy (non-hydrogen) atoms. The van der Waals surface area contributed by atoms with Crippen molar-refractivity contribution in [2.24, 2.45) is 0 Å². The van der Waals surface area contributed by atoms with Crippen LogP contribution in [0.25, 0.3) is 0 Å². The number of esters is 1. The Bertz CT molecular complexity index is 633. The highest BCUT2D eigenvalue weighted by molar-refractivity contribution is 9.10. The molecule has 1 aromatic carbocycles. The lowest BCUT2D eigenvalue weighted by molar-refractivity contribution is -0.129. The van der Waals surface area contributed by atoms with Gasteiger partial charge in [0.05, 0.1) is 12.7 Å². The molecular formula is C16H19BrN2O4. The summed E-state index contributed by atoms with van der Waals surface area (Å²) in [5, 5.41) is 2.85. The van der Waals surface area contributed by atoms with Crippen molar-refractivity contribution >= 4 is 33.7 Å². The summed E-state index contributed by atoms with van der Waals surface area (Å²) in [4.78, 5) is 37.1. The molecule has 7 heteroatoms. The van der Waals surface area contributed by atoms with Gasteiger partial charge < -0.3 is 15.0 Å². The van der Waals surface area contributed by atoms with Gasteiger partial charge in [-0.15, -0.1) is 0 Å². The Hall–Kier alpha value is -1.89. The standard InChI is InChI=1S/C16H19BrN2O4/c1-10(20)19-7-3-4-12(19)9-18-15(21)11-5-6-13(14(17)8-11)16(22)23-2/h5-6,8,12H,3-4,7,9H2,1-2H3,(H,18,21)/t12-/m1/s1. The van der Waals surface area contributed by atoms with E-state index < -0.39 is 5.97 Å². The number of rotatable bonds is 4. The summed E-state index contributed by atoms with van der Waals surface area (Å²) in [6.07, 6.45) is 1.85. The maximum Gasteiger partial charge on any atom is 0.339 e. The molecule has 6 nitrogen and oxygen atoms in total. The van der Waals surface area contributed by atoms with Crippen molar-refractivity contribution in [3.8, 4) is 0 Å². The van der Waals surface area contributed by atoms with Crippen LogP contribution < -0.4 is 5.32 Å². The zero-order chi connectivity index (χ0) is 17.0. The molecule has 2 amide bonds. The van der Waals surface area contributed by atoms with Gasteiger partial charge in [-0.1, -0.05) is 0 Å². The smallest absolute Gasteiger partial charge is 0.339 e. The van der Waals surface area contributed by atoms with Crippen LogP contribution in [0.4, 0.5) is 0 Å². The summed E-state index contributed by atoms with van der Waals surface area (Å²) in [7, 11) is 1.30. The molecular weight excluding hydrogens is 364 g/mol. The number of ether oxygens (including phenoxy) is 1. The average Bonchev–Trinajstić information content (AvgIpc) is 3.00. The lowest BCUT2D eigenvalue weighted by Crippen LogP contribution is -2.42. The van der Waals surface area contributed by atoms with Crippen LogP contribution in [0.15, 0.2) is 22.7 Å². The monoisotopic (exact) mass is 382 g/mol. The number of methoxy groups -OCH3 is 1. The van der Waals surface area contributed by atoms with Crippen LogP contribution in [0.5, 0.6) is 0 Å². The largest absolute Gasteiger partial charge is 0.465 e. The molecule has 0 unspecified atom stereocenters. The number of hydrogen-bond donors (Lipinski definition) is 1. The van der Waals surface area contributed by atoms with Crippen LogP contribution in [0.3, 0.4) is 0 Å². The molecule has 1 aliphatic rings. The van der Waals surface area contributed by atoms with Crippen LogP contribution >= 0.6 is 15.9 Å². The number of carbonyl (C=O) groups is 3.